The zero-order valence-electron chi connectivity index (χ0n) is 13.0. The smallest absolute Gasteiger partial charge is 0.303 e. The normalized spacial score (nSPS) is 10.9. The lowest BCUT2D eigenvalue weighted by Gasteiger charge is -2.03. The molecule has 23 heavy (non-hydrogen) atoms. The Balaban J connectivity index is 2.10. The lowest BCUT2D eigenvalue weighted by Crippen LogP contribution is -2.14. The number of carboxylic acids is 1. The summed E-state index contributed by atoms with van der Waals surface area (Å²) in [6.45, 7) is 3.72. The van der Waals surface area contributed by atoms with Crippen molar-refractivity contribution in [1.82, 2.24) is 5.16 Å². The largest absolute Gasteiger partial charge is 0.481 e. The molecule has 0 fully saturated rings. The van der Waals surface area contributed by atoms with Gasteiger partial charge in [-0.25, -0.2) is 0 Å². The SMILES string of the molecule is Cc1ccc(/C=C/c2onc(C)c2NC(=O)CCC(=O)O)cc1. The number of hydrogen-bond donors (Lipinski definition) is 2. The first kappa shape index (κ1) is 16.5. The number of aromatic nitrogens is 1. The second-order valence-corrected chi connectivity index (χ2v) is 5.19. The summed E-state index contributed by atoms with van der Waals surface area (Å²) < 4.78 is 5.20. The van der Waals surface area contributed by atoms with E-state index in [-0.39, 0.29) is 18.7 Å². The molecule has 1 aromatic carbocycles. The first-order valence-corrected chi connectivity index (χ1v) is 7.18. The predicted molar refractivity (Wildman–Crippen MR) is 86.8 cm³/mol. The molecule has 2 N–H and O–H groups in total. The maximum absolute atomic E-state index is 11.8. The Labute approximate surface area is 133 Å². The van der Waals surface area contributed by atoms with Crippen molar-refractivity contribution >= 4 is 29.7 Å². The Bertz CT molecular complexity index is 730. The average Bonchev–Trinajstić information content (AvgIpc) is 2.85. The van der Waals surface area contributed by atoms with Crippen molar-refractivity contribution in [3.63, 3.8) is 0 Å². The van der Waals surface area contributed by atoms with E-state index < -0.39 is 5.97 Å². The number of nitrogens with one attached hydrogen (secondary N) is 1. The van der Waals surface area contributed by atoms with Crippen LogP contribution in [0.2, 0.25) is 0 Å². The quantitative estimate of drug-likeness (QED) is 0.853. The van der Waals surface area contributed by atoms with E-state index >= 15 is 0 Å². The first-order chi connectivity index (χ1) is 11.0. The van der Waals surface area contributed by atoms with Gasteiger partial charge in [0.15, 0.2) is 5.76 Å². The number of aliphatic carboxylic acids is 1. The zero-order valence-corrected chi connectivity index (χ0v) is 13.0. The molecular formula is C17H18N2O4. The van der Waals surface area contributed by atoms with Gasteiger partial charge < -0.3 is 14.9 Å². The monoisotopic (exact) mass is 314 g/mol. The van der Waals surface area contributed by atoms with Gasteiger partial charge in [0.25, 0.3) is 0 Å². The summed E-state index contributed by atoms with van der Waals surface area (Å²) in [7, 11) is 0. The summed E-state index contributed by atoms with van der Waals surface area (Å²) in [5.74, 6) is -0.975. The van der Waals surface area contributed by atoms with Crippen molar-refractivity contribution in [1.29, 1.82) is 0 Å². The number of amides is 1. The highest BCUT2D eigenvalue weighted by Gasteiger charge is 2.14. The van der Waals surface area contributed by atoms with Crippen molar-refractivity contribution in [3.05, 3.63) is 46.8 Å². The summed E-state index contributed by atoms with van der Waals surface area (Å²) in [5.41, 5.74) is 3.16. The molecule has 6 nitrogen and oxygen atoms in total. The van der Waals surface area contributed by atoms with E-state index in [2.05, 4.69) is 10.5 Å². The number of carbonyl (C=O) groups is 2. The van der Waals surface area contributed by atoms with E-state index in [0.717, 1.165) is 5.56 Å². The molecule has 0 aliphatic heterocycles. The Hall–Kier alpha value is -2.89. The number of benzene rings is 1. The summed E-state index contributed by atoms with van der Waals surface area (Å²) in [4.78, 5) is 22.3. The van der Waals surface area contributed by atoms with Crippen LogP contribution < -0.4 is 5.32 Å². The molecule has 1 aromatic heterocycles. The summed E-state index contributed by atoms with van der Waals surface area (Å²) in [6.07, 6.45) is 3.26. The van der Waals surface area contributed by atoms with Crippen LogP contribution >= 0.6 is 0 Å². The zero-order chi connectivity index (χ0) is 16.8. The van der Waals surface area contributed by atoms with Gasteiger partial charge in [-0.3, -0.25) is 9.59 Å². The van der Waals surface area contributed by atoms with Gasteiger partial charge in [0, 0.05) is 6.42 Å². The van der Waals surface area contributed by atoms with Crippen molar-refractivity contribution < 1.29 is 19.2 Å². The van der Waals surface area contributed by atoms with Gasteiger partial charge >= 0.3 is 5.97 Å². The highest BCUT2D eigenvalue weighted by molar-refractivity contribution is 5.94. The third-order valence-corrected chi connectivity index (χ3v) is 3.22. The van der Waals surface area contributed by atoms with Crippen molar-refractivity contribution in [2.24, 2.45) is 0 Å². The van der Waals surface area contributed by atoms with E-state index in [0.29, 0.717) is 17.1 Å². The molecule has 0 aliphatic carbocycles. The maximum atomic E-state index is 11.8. The summed E-state index contributed by atoms with van der Waals surface area (Å²) >= 11 is 0. The van der Waals surface area contributed by atoms with Crippen LogP contribution in [0, 0.1) is 13.8 Å². The lowest BCUT2D eigenvalue weighted by molar-refractivity contribution is -0.138. The average molecular weight is 314 g/mol. The van der Waals surface area contributed by atoms with Gasteiger partial charge in [-0.2, -0.15) is 0 Å². The van der Waals surface area contributed by atoms with Gasteiger partial charge in [0.2, 0.25) is 5.91 Å². The fraction of sp³-hybridized carbons (Fsp3) is 0.235. The van der Waals surface area contributed by atoms with Gasteiger partial charge in [0.1, 0.15) is 11.4 Å². The number of hydrogen-bond acceptors (Lipinski definition) is 4. The number of anilines is 1. The molecule has 2 rings (SSSR count). The van der Waals surface area contributed by atoms with E-state index in [9.17, 15) is 9.59 Å². The van der Waals surface area contributed by atoms with E-state index in [1.165, 1.54) is 5.56 Å². The molecule has 120 valence electrons. The molecule has 0 saturated carbocycles. The fourth-order valence-corrected chi connectivity index (χ4v) is 1.92. The third kappa shape index (κ3) is 4.81. The molecule has 0 unspecified atom stereocenters. The van der Waals surface area contributed by atoms with Crippen LogP contribution in [-0.4, -0.2) is 22.1 Å². The maximum Gasteiger partial charge on any atom is 0.303 e. The first-order valence-electron chi connectivity index (χ1n) is 7.18. The molecule has 0 spiro atoms. The number of rotatable bonds is 6. The van der Waals surface area contributed by atoms with Crippen LogP contribution in [0.3, 0.4) is 0 Å². The summed E-state index contributed by atoms with van der Waals surface area (Å²) in [5, 5.41) is 15.1. The molecule has 0 atom stereocenters. The minimum Gasteiger partial charge on any atom is -0.481 e. The van der Waals surface area contributed by atoms with Crippen LogP contribution in [0.1, 0.15) is 35.4 Å². The molecule has 0 radical (unpaired) electrons. The van der Waals surface area contributed by atoms with Crippen LogP contribution in [-0.2, 0) is 9.59 Å². The molecule has 1 amide bonds. The number of carbonyl (C=O) groups excluding carboxylic acids is 1. The third-order valence-electron chi connectivity index (χ3n) is 3.22. The van der Waals surface area contributed by atoms with Crippen molar-refractivity contribution in [2.45, 2.75) is 26.7 Å². The molecular weight excluding hydrogens is 296 g/mol. The van der Waals surface area contributed by atoms with Gasteiger partial charge in [-0.05, 0) is 25.5 Å². The van der Waals surface area contributed by atoms with Crippen LogP contribution in [0.25, 0.3) is 12.2 Å². The predicted octanol–water partition coefficient (Wildman–Crippen LogP) is 3.27. The Morgan fingerprint density at radius 3 is 2.52 bits per heavy atom. The van der Waals surface area contributed by atoms with Crippen molar-refractivity contribution in [3.8, 4) is 0 Å². The topological polar surface area (TPSA) is 92.4 Å². The molecule has 0 aliphatic rings. The molecule has 1 heterocycles. The van der Waals surface area contributed by atoms with E-state index in [4.69, 9.17) is 9.63 Å². The Morgan fingerprint density at radius 2 is 1.87 bits per heavy atom. The highest BCUT2D eigenvalue weighted by atomic mass is 16.5. The number of nitrogens with zero attached hydrogens (tertiary/aromatic N) is 1. The van der Waals surface area contributed by atoms with Crippen LogP contribution in [0.5, 0.6) is 0 Å². The van der Waals surface area contributed by atoms with E-state index in [1.807, 2.05) is 37.3 Å². The second kappa shape index (κ2) is 7.40. The van der Waals surface area contributed by atoms with Crippen LogP contribution in [0.15, 0.2) is 28.8 Å². The minimum atomic E-state index is -1.01. The second-order valence-electron chi connectivity index (χ2n) is 5.19. The Morgan fingerprint density at radius 1 is 1.17 bits per heavy atom. The minimum absolute atomic E-state index is 0.0962. The molecule has 0 saturated heterocycles. The number of carboxylic acid groups (broad SMARTS) is 1. The molecule has 6 heteroatoms. The molecule has 0 bridgehead atoms. The standard InChI is InChI=1S/C17H18N2O4/c1-11-3-5-13(6-4-11)7-8-14-17(12(2)19-23-14)18-15(20)9-10-16(21)22/h3-8H,9-10H2,1-2H3,(H,18,20)(H,21,22)/b8-7+. The highest BCUT2D eigenvalue weighted by Crippen LogP contribution is 2.23. The fourth-order valence-electron chi connectivity index (χ4n) is 1.92. The van der Waals surface area contributed by atoms with Crippen LogP contribution in [0.4, 0.5) is 5.69 Å². The van der Waals surface area contributed by atoms with Crippen molar-refractivity contribution in [2.75, 3.05) is 5.32 Å². The van der Waals surface area contributed by atoms with E-state index in [1.54, 1.807) is 13.0 Å². The Kier molecular flexibility index (Phi) is 5.30. The van der Waals surface area contributed by atoms with Gasteiger partial charge in [0.05, 0.1) is 6.42 Å². The van der Waals surface area contributed by atoms with Gasteiger partial charge in [-0.15, -0.1) is 0 Å². The van der Waals surface area contributed by atoms with Gasteiger partial charge in [-0.1, -0.05) is 41.1 Å². The lowest BCUT2D eigenvalue weighted by atomic mass is 10.1. The summed E-state index contributed by atoms with van der Waals surface area (Å²) in [6, 6.07) is 7.94. The molecule has 2 aromatic rings. The number of aryl methyl sites for hydroxylation is 2.